The first-order valence-corrected chi connectivity index (χ1v) is 9.84. The number of aliphatic hydroxyl groups is 3. The predicted octanol–water partition coefficient (Wildman–Crippen LogP) is 1.90. The van der Waals surface area contributed by atoms with Crippen molar-refractivity contribution in [3.63, 3.8) is 0 Å². The molecule has 0 amide bonds. The van der Waals surface area contributed by atoms with Gasteiger partial charge in [0.05, 0.1) is 6.10 Å². The summed E-state index contributed by atoms with van der Waals surface area (Å²) in [6.07, 6.45) is 7.16. The van der Waals surface area contributed by atoms with Gasteiger partial charge >= 0.3 is 0 Å². The minimum atomic E-state index is -1.64. The molecule has 0 radical (unpaired) electrons. The van der Waals surface area contributed by atoms with Crippen molar-refractivity contribution in [3.8, 4) is 0 Å². The van der Waals surface area contributed by atoms with Crippen molar-refractivity contribution in [1.82, 2.24) is 0 Å². The minimum Gasteiger partial charge on any atom is -0.393 e. The Morgan fingerprint density at radius 3 is 2.74 bits per heavy atom. The molecule has 0 aromatic rings. The molecule has 4 aliphatic carbocycles. The standard InChI is InChI=1S/C21H25ClO5/c1-19-5-3-11(24)7-14(19)15(22)8-12-13-4-6-21(27,17(26)10-23)20(13,2)9-16(25)18(12)19/h3,5,7-8,12-13,16,18,23,25,27H,4,6,9-10H2,1-2H3/t12?,13-,16-,18+,19?,20?,21-/m0/s1. The van der Waals surface area contributed by atoms with Crippen LogP contribution in [-0.2, 0) is 9.59 Å². The van der Waals surface area contributed by atoms with Crippen LogP contribution in [0.5, 0.6) is 0 Å². The summed E-state index contributed by atoms with van der Waals surface area (Å²) in [5.41, 5.74) is -2.34. The maximum atomic E-state index is 12.4. The zero-order valence-corrected chi connectivity index (χ0v) is 16.2. The van der Waals surface area contributed by atoms with Crippen LogP contribution in [0.1, 0.15) is 33.1 Å². The van der Waals surface area contributed by atoms with Gasteiger partial charge < -0.3 is 15.3 Å². The second-order valence-electron chi connectivity index (χ2n) is 8.97. The summed E-state index contributed by atoms with van der Waals surface area (Å²) in [4.78, 5) is 24.2. The van der Waals surface area contributed by atoms with Crippen molar-refractivity contribution in [2.75, 3.05) is 6.61 Å². The summed E-state index contributed by atoms with van der Waals surface area (Å²) in [6.45, 7) is 3.11. The van der Waals surface area contributed by atoms with Gasteiger partial charge in [-0.25, -0.2) is 0 Å². The summed E-state index contributed by atoms with van der Waals surface area (Å²) >= 11 is 6.57. The first-order valence-electron chi connectivity index (χ1n) is 9.46. The largest absolute Gasteiger partial charge is 0.393 e. The number of fused-ring (bicyclic) bond motifs is 5. The maximum Gasteiger partial charge on any atom is 0.190 e. The van der Waals surface area contributed by atoms with E-state index in [1.54, 1.807) is 0 Å². The molecule has 0 bridgehead atoms. The Kier molecular flexibility index (Phi) is 4.14. The first kappa shape index (κ1) is 19.1. The Hall–Kier alpha value is -1.27. The Morgan fingerprint density at radius 2 is 2.07 bits per heavy atom. The monoisotopic (exact) mass is 392 g/mol. The average Bonchev–Trinajstić information content (AvgIpc) is 2.87. The van der Waals surface area contributed by atoms with Crippen molar-refractivity contribution >= 4 is 23.2 Å². The second kappa shape index (κ2) is 5.86. The number of hydrogen-bond donors (Lipinski definition) is 3. The molecular formula is C21H25ClO5. The van der Waals surface area contributed by atoms with Gasteiger partial charge in [0.25, 0.3) is 0 Å². The number of aliphatic hydroxyl groups excluding tert-OH is 2. The summed E-state index contributed by atoms with van der Waals surface area (Å²) in [7, 11) is 0. The molecule has 4 aliphatic rings. The third-order valence-electron chi connectivity index (χ3n) is 7.86. The molecule has 5 nitrogen and oxygen atoms in total. The highest BCUT2D eigenvalue weighted by Crippen LogP contribution is 2.66. The highest BCUT2D eigenvalue weighted by Gasteiger charge is 2.67. The number of allylic oxidation sites excluding steroid dienone is 6. The normalized spacial score (nSPS) is 48.3. The number of halogens is 1. The number of carbonyl (C=O) groups excluding carboxylic acids is 2. The van der Waals surface area contributed by atoms with E-state index in [0.29, 0.717) is 11.5 Å². The average molecular weight is 393 g/mol. The van der Waals surface area contributed by atoms with E-state index in [2.05, 4.69) is 0 Å². The molecule has 0 saturated heterocycles. The molecule has 0 spiro atoms. The van der Waals surface area contributed by atoms with Crippen LogP contribution in [0.3, 0.4) is 0 Å². The summed E-state index contributed by atoms with van der Waals surface area (Å²) in [5, 5.41) is 32.2. The maximum absolute atomic E-state index is 12.4. The molecule has 4 rings (SSSR count). The lowest BCUT2D eigenvalue weighted by atomic mass is 9.48. The quantitative estimate of drug-likeness (QED) is 0.667. The molecular weight excluding hydrogens is 368 g/mol. The van der Waals surface area contributed by atoms with E-state index in [-0.39, 0.29) is 36.4 Å². The first-order chi connectivity index (χ1) is 12.6. The molecule has 0 aliphatic heterocycles. The Bertz CT molecular complexity index is 813. The number of hydrogen-bond acceptors (Lipinski definition) is 5. The number of Topliss-reactive ketones (excluding diaryl/α,β-unsaturated/α-hetero) is 1. The van der Waals surface area contributed by atoms with E-state index in [1.807, 2.05) is 26.0 Å². The molecule has 3 unspecified atom stereocenters. The van der Waals surface area contributed by atoms with Crippen LogP contribution in [0.4, 0.5) is 0 Å². The van der Waals surface area contributed by atoms with E-state index in [4.69, 9.17) is 11.6 Å². The van der Waals surface area contributed by atoms with Gasteiger partial charge in [0, 0.05) is 21.8 Å². The number of ketones is 2. The molecule has 2 fully saturated rings. The summed E-state index contributed by atoms with van der Waals surface area (Å²) < 4.78 is 0. The fourth-order valence-corrected chi connectivity index (χ4v) is 6.86. The molecule has 0 aromatic heterocycles. The predicted molar refractivity (Wildman–Crippen MR) is 99.8 cm³/mol. The van der Waals surface area contributed by atoms with Crippen LogP contribution in [-0.4, -0.2) is 45.2 Å². The van der Waals surface area contributed by atoms with Crippen molar-refractivity contribution in [1.29, 1.82) is 0 Å². The molecule has 2 saturated carbocycles. The lowest BCUT2D eigenvalue weighted by Crippen LogP contribution is -2.61. The Morgan fingerprint density at radius 1 is 1.37 bits per heavy atom. The van der Waals surface area contributed by atoms with E-state index in [1.165, 1.54) is 12.2 Å². The molecule has 27 heavy (non-hydrogen) atoms. The third-order valence-corrected chi connectivity index (χ3v) is 8.19. The van der Waals surface area contributed by atoms with Gasteiger partial charge in [-0.05, 0) is 48.8 Å². The lowest BCUT2D eigenvalue weighted by Gasteiger charge is -2.58. The van der Waals surface area contributed by atoms with Crippen molar-refractivity contribution in [2.45, 2.75) is 44.8 Å². The van der Waals surface area contributed by atoms with Crippen molar-refractivity contribution < 1.29 is 24.9 Å². The molecule has 6 heteroatoms. The lowest BCUT2D eigenvalue weighted by molar-refractivity contribution is -0.172. The summed E-state index contributed by atoms with van der Waals surface area (Å²) in [6, 6.07) is 0. The van der Waals surface area contributed by atoms with E-state index >= 15 is 0 Å². The smallest absolute Gasteiger partial charge is 0.190 e. The van der Waals surface area contributed by atoms with Gasteiger partial charge in [-0.1, -0.05) is 37.6 Å². The summed E-state index contributed by atoms with van der Waals surface area (Å²) in [5.74, 6) is -1.08. The van der Waals surface area contributed by atoms with Gasteiger partial charge in [-0.2, -0.15) is 0 Å². The molecule has 3 N–H and O–H groups in total. The molecule has 7 atom stereocenters. The number of carbonyl (C=O) groups is 2. The fourth-order valence-electron chi connectivity index (χ4n) is 6.46. The van der Waals surface area contributed by atoms with Crippen LogP contribution < -0.4 is 0 Å². The topological polar surface area (TPSA) is 94.8 Å². The van der Waals surface area contributed by atoms with Crippen LogP contribution >= 0.6 is 11.6 Å². The van der Waals surface area contributed by atoms with Crippen LogP contribution in [0.25, 0.3) is 0 Å². The highest BCUT2D eigenvalue weighted by atomic mass is 35.5. The van der Waals surface area contributed by atoms with E-state index < -0.39 is 34.9 Å². The van der Waals surface area contributed by atoms with Gasteiger partial charge in [0.2, 0.25) is 0 Å². The second-order valence-corrected chi connectivity index (χ2v) is 9.38. The Balaban J connectivity index is 1.84. The zero-order valence-electron chi connectivity index (χ0n) is 15.5. The van der Waals surface area contributed by atoms with E-state index in [0.717, 1.165) is 5.57 Å². The Labute approximate surface area is 163 Å². The molecule has 146 valence electrons. The van der Waals surface area contributed by atoms with Gasteiger partial charge in [0.1, 0.15) is 12.2 Å². The zero-order chi connectivity index (χ0) is 19.8. The number of rotatable bonds is 2. The SMILES string of the molecule is CC12C=CC(=O)C=C1C(Cl)=CC1[C@@H]2[C@@H](O)CC2(C)[C@H]1CC[C@]2(O)C(=O)CO. The van der Waals surface area contributed by atoms with Crippen LogP contribution in [0, 0.1) is 28.6 Å². The van der Waals surface area contributed by atoms with Gasteiger partial charge in [-0.3, -0.25) is 9.59 Å². The van der Waals surface area contributed by atoms with Gasteiger partial charge in [0.15, 0.2) is 11.6 Å². The van der Waals surface area contributed by atoms with Crippen molar-refractivity contribution in [3.05, 3.63) is 34.9 Å². The van der Waals surface area contributed by atoms with Gasteiger partial charge in [-0.15, -0.1) is 0 Å². The van der Waals surface area contributed by atoms with Crippen molar-refractivity contribution in [2.24, 2.45) is 28.6 Å². The van der Waals surface area contributed by atoms with Crippen LogP contribution in [0.2, 0.25) is 0 Å². The molecule has 0 aromatic carbocycles. The van der Waals surface area contributed by atoms with Crippen LogP contribution in [0.15, 0.2) is 34.9 Å². The molecule has 0 heterocycles. The minimum absolute atomic E-state index is 0.0513. The van der Waals surface area contributed by atoms with E-state index in [9.17, 15) is 24.9 Å². The fraction of sp³-hybridized carbons (Fsp3) is 0.619. The highest BCUT2D eigenvalue weighted by molar-refractivity contribution is 6.32. The third kappa shape index (κ3) is 2.29.